The van der Waals surface area contributed by atoms with Crippen molar-refractivity contribution in [2.75, 3.05) is 20.2 Å². The summed E-state index contributed by atoms with van der Waals surface area (Å²) in [5.74, 6) is 1.21. The molecule has 1 N–H and O–H groups in total. The number of carbonyl (C=O) groups excluding carboxylic acids is 1. The molecular formula is C17H24N6O2. The molecule has 0 radical (unpaired) electrons. The zero-order valence-electron chi connectivity index (χ0n) is 14.6. The molecule has 1 saturated heterocycles. The number of hydrogen-bond acceptors (Lipinski definition) is 5. The van der Waals surface area contributed by atoms with E-state index in [0.717, 1.165) is 38.0 Å². The lowest BCUT2D eigenvalue weighted by Gasteiger charge is -2.32. The van der Waals surface area contributed by atoms with E-state index in [1.807, 2.05) is 28.8 Å². The summed E-state index contributed by atoms with van der Waals surface area (Å²) in [6, 6.07) is 1.69. The van der Waals surface area contributed by atoms with E-state index in [4.69, 9.17) is 4.74 Å². The minimum absolute atomic E-state index is 0.0365. The number of nitrogens with zero attached hydrogens (tertiary/aromatic N) is 5. The molecule has 1 atom stereocenters. The Bertz CT molecular complexity index is 682. The summed E-state index contributed by atoms with van der Waals surface area (Å²) in [6.45, 7) is 4.32. The highest BCUT2D eigenvalue weighted by atomic mass is 16.5. The van der Waals surface area contributed by atoms with Gasteiger partial charge in [0.05, 0.1) is 25.5 Å². The molecule has 0 bridgehead atoms. The standard InChI is InChI=1S/C17H24N6O2/c1-13(15-3-6-18-11-16(15)25-2)20-17(24)22-8-4-14(5-9-22)12-23-10-7-19-21-23/h3,6-7,10-11,13-14H,4-5,8-9,12H2,1-2H3,(H,20,24). The minimum Gasteiger partial charge on any atom is -0.495 e. The number of methoxy groups -OCH3 is 1. The first-order chi connectivity index (χ1) is 12.2. The van der Waals surface area contributed by atoms with Crippen LogP contribution in [-0.2, 0) is 6.54 Å². The number of carbonyl (C=O) groups is 1. The van der Waals surface area contributed by atoms with Gasteiger partial charge in [-0.05, 0) is 31.7 Å². The summed E-state index contributed by atoms with van der Waals surface area (Å²) < 4.78 is 7.18. The van der Waals surface area contributed by atoms with E-state index in [1.165, 1.54) is 0 Å². The number of likely N-dealkylation sites (tertiary alicyclic amines) is 1. The van der Waals surface area contributed by atoms with E-state index in [2.05, 4.69) is 20.6 Å². The van der Waals surface area contributed by atoms with Gasteiger partial charge in [-0.3, -0.25) is 9.67 Å². The summed E-state index contributed by atoms with van der Waals surface area (Å²) >= 11 is 0. The third kappa shape index (κ3) is 4.26. The van der Waals surface area contributed by atoms with Gasteiger partial charge in [0.2, 0.25) is 0 Å². The summed E-state index contributed by atoms with van der Waals surface area (Å²) in [5, 5.41) is 10.9. The second-order valence-electron chi connectivity index (χ2n) is 6.34. The van der Waals surface area contributed by atoms with E-state index >= 15 is 0 Å². The number of urea groups is 1. The van der Waals surface area contributed by atoms with Gasteiger partial charge in [-0.2, -0.15) is 0 Å². The number of aromatic nitrogens is 4. The molecule has 1 fully saturated rings. The van der Waals surface area contributed by atoms with Gasteiger partial charge in [0.15, 0.2) is 0 Å². The van der Waals surface area contributed by atoms with Crippen molar-refractivity contribution in [1.82, 2.24) is 30.2 Å². The van der Waals surface area contributed by atoms with Crippen molar-refractivity contribution >= 4 is 6.03 Å². The molecular weight excluding hydrogens is 320 g/mol. The zero-order valence-corrected chi connectivity index (χ0v) is 14.6. The van der Waals surface area contributed by atoms with Crippen LogP contribution in [0.15, 0.2) is 30.9 Å². The lowest BCUT2D eigenvalue weighted by Crippen LogP contribution is -2.45. The molecule has 3 heterocycles. The van der Waals surface area contributed by atoms with E-state index in [1.54, 1.807) is 25.7 Å². The topological polar surface area (TPSA) is 85.2 Å². The highest BCUT2D eigenvalue weighted by Gasteiger charge is 2.24. The Morgan fingerprint density at radius 1 is 1.40 bits per heavy atom. The van der Waals surface area contributed by atoms with Crippen LogP contribution < -0.4 is 10.1 Å². The van der Waals surface area contributed by atoms with Crippen LogP contribution in [0.25, 0.3) is 0 Å². The van der Waals surface area contributed by atoms with Crippen LogP contribution in [0.2, 0.25) is 0 Å². The van der Waals surface area contributed by atoms with E-state index in [0.29, 0.717) is 11.7 Å². The van der Waals surface area contributed by atoms with Gasteiger partial charge in [0.1, 0.15) is 5.75 Å². The Hall–Kier alpha value is -2.64. The second kappa shape index (κ2) is 7.96. The van der Waals surface area contributed by atoms with E-state index < -0.39 is 0 Å². The molecule has 1 unspecified atom stereocenters. The van der Waals surface area contributed by atoms with Gasteiger partial charge < -0.3 is 15.0 Å². The van der Waals surface area contributed by atoms with Crippen molar-refractivity contribution in [3.8, 4) is 5.75 Å². The molecule has 0 saturated carbocycles. The molecule has 25 heavy (non-hydrogen) atoms. The number of amides is 2. The predicted molar refractivity (Wildman–Crippen MR) is 92.1 cm³/mol. The minimum atomic E-state index is -0.140. The monoisotopic (exact) mass is 344 g/mol. The van der Waals surface area contributed by atoms with Gasteiger partial charge >= 0.3 is 6.03 Å². The SMILES string of the molecule is COc1cnccc1C(C)NC(=O)N1CCC(Cn2ccnn2)CC1. The molecule has 2 aromatic rings. The van der Waals surface area contributed by atoms with Crippen LogP contribution in [-0.4, -0.2) is 51.1 Å². The summed E-state index contributed by atoms with van der Waals surface area (Å²) in [5.41, 5.74) is 0.923. The number of pyridine rings is 1. The Morgan fingerprint density at radius 3 is 2.88 bits per heavy atom. The Balaban J connectivity index is 1.50. The first-order valence-corrected chi connectivity index (χ1v) is 8.55. The fourth-order valence-electron chi connectivity index (χ4n) is 3.19. The van der Waals surface area contributed by atoms with Crippen LogP contribution in [0.1, 0.15) is 31.4 Å². The third-order valence-electron chi connectivity index (χ3n) is 4.66. The van der Waals surface area contributed by atoms with Crippen LogP contribution >= 0.6 is 0 Å². The van der Waals surface area contributed by atoms with Crippen LogP contribution in [0.5, 0.6) is 5.75 Å². The molecule has 2 aromatic heterocycles. The van der Waals surface area contributed by atoms with E-state index in [9.17, 15) is 4.79 Å². The van der Waals surface area contributed by atoms with Gasteiger partial charge in [-0.15, -0.1) is 5.10 Å². The van der Waals surface area contributed by atoms with Crippen molar-refractivity contribution in [3.05, 3.63) is 36.4 Å². The van der Waals surface area contributed by atoms with Crippen molar-refractivity contribution in [2.45, 2.75) is 32.4 Å². The molecule has 8 nitrogen and oxygen atoms in total. The molecule has 0 aromatic carbocycles. The van der Waals surface area contributed by atoms with Gasteiger partial charge in [-0.1, -0.05) is 5.21 Å². The molecule has 1 aliphatic rings. The second-order valence-corrected chi connectivity index (χ2v) is 6.34. The first kappa shape index (κ1) is 17.2. The molecule has 134 valence electrons. The quantitative estimate of drug-likeness (QED) is 0.895. The molecule has 0 aliphatic carbocycles. The van der Waals surface area contributed by atoms with Crippen LogP contribution in [0, 0.1) is 5.92 Å². The maximum Gasteiger partial charge on any atom is 0.317 e. The Kier molecular flexibility index (Phi) is 5.47. The van der Waals surface area contributed by atoms with Gasteiger partial charge in [-0.25, -0.2) is 4.79 Å². The largest absolute Gasteiger partial charge is 0.495 e. The average Bonchev–Trinajstić information content (AvgIpc) is 3.15. The van der Waals surface area contributed by atoms with Crippen molar-refractivity contribution < 1.29 is 9.53 Å². The number of nitrogens with one attached hydrogen (secondary N) is 1. The average molecular weight is 344 g/mol. The lowest BCUT2D eigenvalue weighted by atomic mass is 9.97. The van der Waals surface area contributed by atoms with Crippen molar-refractivity contribution in [3.63, 3.8) is 0 Å². The molecule has 3 rings (SSSR count). The number of rotatable bonds is 5. The molecule has 1 aliphatic heterocycles. The lowest BCUT2D eigenvalue weighted by molar-refractivity contribution is 0.161. The zero-order chi connectivity index (χ0) is 17.6. The third-order valence-corrected chi connectivity index (χ3v) is 4.66. The first-order valence-electron chi connectivity index (χ1n) is 8.55. The molecule has 2 amide bonds. The number of hydrogen-bond donors (Lipinski definition) is 1. The Morgan fingerprint density at radius 2 is 2.20 bits per heavy atom. The number of ether oxygens (including phenoxy) is 1. The summed E-state index contributed by atoms with van der Waals surface area (Å²) in [4.78, 5) is 18.5. The van der Waals surface area contributed by atoms with E-state index in [-0.39, 0.29) is 12.1 Å². The van der Waals surface area contributed by atoms with Gasteiger partial charge in [0.25, 0.3) is 0 Å². The molecule has 0 spiro atoms. The smallest absolute Gasteiger partial charge is 0.317 e. The van der Waals surface area contributed by atoms with Crippen molar-refractivity contribution in [2.24, 2.45) is 5.92 Å². The Labute approximate surface area is 147 Å². The van der Waals surface area contributed by atoms with Gasteiger partial charge in [0, 0.05) is 37.6 Å². The summed E-state index contributed by atoms with van der Waals surface area (Å²) in [7, 11) is 1.61. The highest BCUT2D eigenvalue weighted by molar-refractivity contribution is 5.75. The molecule has 8 heteroatoms. The highest BCUT2D eigenvalue weighted by Crippen LogP contribution is 2.24. The summed E-state index contributed by atoms with van der Waals surface area (Å²) in [6.07, 6.45) is 8.88. The fourth-order valence-corrected chi connectivity index (χ4v) is 3.19. The maximum atomic E-state index is 12.5. The van der Waals surface area contributed by atoms with Crippen LogP contribution in [0.3, 0.4) is 0 Å². The normalized spacial score (nSPS) is 16.5. The van der Waals surface area contributed by atoms with Crippen LogP contribution in [0.4, 0.5) is 4.79 Å². The van der Waals surface area contributed by atoms with Crippen molar-refractivity contribution in [1.29, 1.82) is 0 Å². The maximum absolute atomic E-state index is 12.5. The number of piperidine rings is 1. The fraction of sp³-hybridized carbons (Fsp3) is 0.529. The predicted octanol–water partition coefficient (Wildman–Crippen LogP) is 1.86.